The van der Waals surface area contributed by atoms with Gasteiger partial charge in [-0.2, -0.15) is 0 Å². The minimum atomic E-state index is -0.0523. The number of nitrogen functional groups attached to an aromatic ring is 1. The van der Waals surface area contributed by atoms with Crippen LogP contribution >= 0.6 is 0 Å². The Labute approximate surface area is 143 Å². The summed E-state index contributed by atoms with van der Waals surface area (Å²) in [5, 5.41) is 6.75. The topological polar surface area (TPSA) is 83.3 Å². The monoisotopic (exact) mass is 329 g/mol. The molecule has 4 rings (SSSR count). The molecule has 1 aromatic heterocycles. The average molecular weight is 329 g/mol. The number of carbonyl (C=O) groups is 1. The summed E-state index contributed by atoms with van der Waals surface area (Å²) >= 11 is 0. The zero-order valence-corrected chi connectivity index (χ0v) is 14.1. The third kappa shape index (κ3) is 3.00. The van der Waals surface area contributed by atoms with Crippen LogP contribution in [0.2, 0.25) is 0 Å². The number of piperidine rings is 3. The van der Waals surface area contributed by atoms with Crippen LogP contribution in [0.15, 0.2) is 18.3 Å². The van der Waals surface area contributed by atoms with E-state index in [4.69, 9.17) is 5.73 Å². The summed E-state index contributed by atoms with van der Waals surface area (Å²) < 4.78 is 0. The largest absolute Gasteiger partial charge is 0.384 e. The molecule has 3 aliphatic heterocycles. The minimum absolute atomic E-state index is 0.0523. The smallest absolute Gasteiger partial charge is 0.251 e. The van der Waals surface area contributed by atoms with Crippen molar-refractivity contribution in [1.29, 1.82) is 0 Å². The van der Waals surface area contributed by atoms with Gasteiger partial charge in [0.25, 0.3) is 5.91 Å². The lowest BCUT2D eigenvalue weighted by Crippen LogP contribution is -2.65. The van der Waals surface area contributed by atoms with Crippen LogP contribution in [0.25, 0.3) is 0 Å². The Balaban J connectivity index is 1.45. The van der Waals surface area contributed by atoms with Gasteiger partial charge in [-0.25, -0.2) is 4.98 Å². The molecular formula is C18H27N5O. The Hall–Kier alpha value is -1.66. The second-order valence-electron chi connectivity index (χ2n) is 7.46. The molecule has 6 nitrogen and oxygen atoms in total. The quantitative estimate of drug-likeness (QED) is 0.766. The first kappa shape index (κ1) is 15.8. The number of aromatic nitrogens is 1. The zero-order valence-electron chi connectivity index (χ0n) is 14.1. The fourth-order valence-electron chi connectivity index (χ4n) is 4.94. The van der Waals surface area contributed by atoms with Crippen LogP contribution in [0.3, 0.4) is 0 Å². The van der Waals surface area contributed by atoms with E-state index < -0.39 is 0 Å². The standard InChI is InChI=1S/C18H27N5O/c19-17-8-12(4-5-21-17)18(24)22-11-16-14-7-13(9-20-10-14)15-3-1-2-6-23(15)16/h4-5,8,13-16,20H,1-3,6-7,9-11H2,(H2,19,21)(H,22,24)/t13-,14+,15+,16+/m1/s1. The predicted molar refractivity (Wildman–Crippen MR) is 93.6 cm³/mol. The first-order valence-electron chi connectivity index (χ1n) is 9.18. The highest BCUT2D eigenvalue weighted by atomic mass is 16.1. The number of fused-ring (bicyclic) bond motifs is 4. The average Bonchev–Trinajstić information content (AvgIpc) is 2.62. The van der Waals surface area contributed by atoms with Gasteiger partial charge < -0.3 is 16.4 Å². The molecular weight excluding hydrogens is 302 g/mol. The van der Waals surface area contributed by atoms with Crippen molar-refractivity contribution in [3.8, 4) is 0 Å². The number of hydrogen-bond donors (Lipinski definition) is 3. The number of amides is 1. The first-order chi connectivity index (χ1) is 11.7. The van der Waals surface area contributed by atoms with E-state index in [9.17, 15) is 4.79 Å². The molecule has 6 heteroatoms. The van der Waals surface area contributed by atoms with Crippen LogP contribution in [0.4, 0.5) is 5.82 Å². The van der Waals surface area contributed by atoms with Gasteiger partial charge in [0.05, 0.1) is 0 Å². The number of rotatable bonds is 3. The Morgan fingerprint density at radius 2 is 2.25 bits per heavy atom. The maximum Gasteiger partial charge on any atom is 0.251 e. The van der Waals surface area contributed by atoms with E-state index in [1.807, 2.05) is 0 Å². The molecule has 3 saturated heterocycles. The van der Waals surface area contributed by atoms with E-state index in [1.54, 1.807) is 18.3 Å². The molecule has 4 atom stereocenters. The van der Waals surface area contributed by atoms with Gasteiger partial charge >= 0.3 is 0 Å². The third-order valence-corrected chi connectivity index (χ3v) is 6.04. The second kappa shape index (κ2) is 6.69. The molecule has 2 bridgehead atoms. The lowest BCUT2D eigenvalue weighted by Gasteiger charge is -2.55. The molecule has 0 unspecified atom stereocenters. The maximum atomic E-state index is 12.4. The molecule has 3 aliphatic rings. The second-order valence-corrected chi connectivity index (χ2v) is 7.46. The molecule has 0 aliphatic carbocycles. The summed E-state index contributed by atoms with van der Waals surface area (Å²) in [6.07, 6.45) is 6.83. The normalized spacial score (nSPS) is 32.8. The van der Waals surface area contributed by atoms with Gasteiger partial charge in [0.15, 0.2) is 0 Å². The third-order valence-electron chi connectivity index (χ3n) is 6.04. The number of nitrogens with zero attached hydrogens (tertiary/aromatic N) is 2. The number of nitrogens with one attached hydrogen (secondary N) is 2. The molecule has 3 fully saturated rings. The summed E-state index contributed by atoms with van der Waals surface area (Å²) in [7, 11) is 0. The number of nitrogens with two attached hydrogens (primary N) is 1. The van der Waals surface area contributed by atoms with Gasteiger partial charge in [-0.15, -0.1) is 0 Å². The molecule has 1 amide bonds. The van der Waals surface area contributed by atoms with E-state index in [1.165, 1.54) is 32.2 Å². The van der Waals surface area contributed by atoms with Crippen LogP contribution in [0.5, 0.6) is 0 Å². The summed E-state index contributed by atoms with van der Waals surface area (Å²) in [6.45, 7) is 4.13. The number of carbonyl (C=O) groups excluding carboxylic acids is 1. The summed E-state index contributed by atoms with van der Waals surface area (Å²) in [5.41, 5.74) is 6.27. The van der Waals surface area contributed by atoms with Crippen molar-refractivity contribution in [3.63, 3.8) is 0 Å². The Bertz CT molecular complexity index is 607. The number of anilines is 1. The lowest BCUT2D eigenvalue weighted by molar-refractivity contribution is -0.0371. The summed E-state index contributed by atoms with van der Waals surface area (Å²) in [5.74, 6) is 1.76. The van der Waals surface area contributed by atoms with Crippen LogP contribution in [0, 0.1) is 11.8 Å². The maximum absolute atomic E-state index is 12.4. The van der Waals surface area contributed by atoms with Crippen LogP contribution < -0.4 is 16.4 Å². The van der Waals surface area contributed by atoms with Gasteiger partial charge in [0.1, 0.15) is 5.82 Å². The van der Waals surface area contributed by atoms with Crippen molar-refractivity contribution in [2.45, 2.75) is 37.8 Å². The Morgan fingerprint density at radius 3 is 3.12 bits per heavy atom. The molecule has 4 heterocycles. The fraction of sp³-hybridized carbons (Fsp3) is 0.667. The highest BCUT2D eigenvalue weighted by Gasteiger charge is 2.45. The minimum Gasteiger partial charge on any atom is -0.384 e. The molecule has 1 aromatic rings. The lowest BCUT2D eigenvalue weighted by atomic mass is 9.73. The molecule has 0 spiro atoms. The van der Waals surface area contributed by atoms with E-state index in [2.05, 4.69) is 20.5 Å². The highest BCUT2D eigenvalue weighted by Crippen LogP contribution is 2.38. The van der Waals surface area contributed by atoms with Crippen LogP contribution in [-0.4, -0.2) is 54.1 Å². The summed E-state index contributed by atoms with van der Waals surface area (Å²) in [4.78, 5) is 19.1. The SMILES string of the molecule is Nc1cc(C(=O)NC[C@H]2[C@@H]3CNC[C@@H](C3)[C@@H]3CCCCN32)ccn1. The van der Waals surface area contributed by atoms with Crippen molar-refractivity contribution in [2.24, 2.45) is 11.8 Å². The van der Waals surface area contributed by atoms with Gasteiger partial charge in [-0.05, 0) is 62.9 Å². The van der Waals surface area contributed by atoms with Gasteiger partial charge in [0.2, 0.25) is 0 Å². The Morgan fingerprint density at radius 1 is 1.38 bits per heavy atom. The molecule has 0 radical (unpaired) electrons. The van der Waals surface area contributed by atoms with Gasteiger partial charge in [-0.3, -0.25) is 9.69 Å². The van der Waals surface area contributed by atoms with Crippen molar-refractivity contribution < 1.29 is 4.79 Å². The van der Waals surface area contributed by atoms with Crippen LogP contribution in [-0.2, 0) is 0 Å². The van der Waals surface area contributed by atoms with E-state index in [0.717, 1.165) is 25.6 Å². The molecule has 24 heavy (non-hydrogen) atoms. The highest BCUT2D eigenvalue weighted by molar-refractivity contribution is 5.94. The molecule has 0 saturated carbocycles. The van der Waals surface area contributed by atoms with E-state index in [-0.39, 0.29) is 5.91 Å². The first-order valence-corrected chi connectivity index (χ1v) is 9.18. The van der Waals surface area contributed by atoms with E-state index >= 15 is 0 Å². The predicted octanol–water partition coefficient (Wildman–Crippen LogP) is 0.856. The van der Waals surface area contributed by atoms with Crippen molar-refractivity contribution in [1.82, 2.24) is 20.5 Å². The molecule has 0 aromatic carbocycles. The van der Waals surface area contributed by atoms with Gasteiger partial charge in [0, 0.05) is 30.4 Å². The molecule has 4 N–H and O–H groups in total. The van der Waals surface area contributed by atoms with Crippen molar-refractivity contribution in [2.75, 3.05) is 31.9 Å². The number of pyridine rings is 1. The van der Waals surface area contributed by atoms with Crippen molar-refractivity contribution in [3.05, 3.63) is 23.9 Å². The zero-order chi connectivity index (χ0) is 16.5. The molecule has 130 valence electrons. The van der Waals surface area contributed by atoms with E-state index in [0.29, 0.717) is 29.4 Å². The fourth-order valence-corrected chi connectivity index (χ4v) is 4.94. The number of hydrogen-bond acceptors (Lipinski definition) is 5. The summed E-state index contributed by atoms with van der Waals surface area (Å²) in [6, 6.07) is 4.50. The Kier molecular flexibility index (Phi) is 4.41. The van der Waals surface area contributed by atoms with Crippen molar-refractivity contribution >= 4 is 11.7 Å². The van der Waals surface area contributed by atoms with Crippen LogP contribution in [0.1, 0.15) is 36.0 Å². The van der Waals surface area contributed by atoms with Gasteiger partial charge in [-0.1, -0.05) is 6.42 Å².